The third kappa shape index (κ3) is 4.40. The average molecular weight is 235 g/mol. The van der Waals surface area contributed by atoms with Gasteiger partial charge in [0, 0.05) is 36.5 Å². The normalized spacial score (nSPS) is 9.41. The first-order chi connectivity index (χ1) is 8.25. The first-order valence-corrected chi connectivity index (χ1v) is 5.22. The number of carbonyl (C=O) groups excluding carboxylic acids is 1. The van der Waals surface area contributed by atoms with Crippen LogP contribution in [0, 0.1) is 0 Å². The van der Waals surface area contributed by atoms with Crippen molar-refractivity contribution in [1.29, 1.82) is 0 Å². The summed E-state index contributed by atoms with van der Waals surface area (Å²) in [6.45, 7) is 0.867. The molecule has 90 valence electrons. The number of H-pyrrole nitrogens is 1. The van der Waals surface area contributed by atoms with E-state index in [4.69, 9.17) is 5.53 Å². The quantitative estimate of drug-likeness (QED) is 0.334. The Hall–Kier alpha value is -2.27. The van der Waals surface area contributed by atoms with E-state index in [0.717, 1.165) is 0 Å². The van der Waals surface area contributed by atoms with Crippen molar-refractivity contribution < 1.29 is 4.79 Å². The Morgan fingerprint density at radius 2 is 2.35 bits per heavy atom. The second-order valence-corrected chi connectivity index (χ2v) is 3.34. The summed E-state index contributed by atoms with van der Waals surface area (Å²) in [4.78, 5) is 28.1. The number of hydrogen-bond acceptors (Lipinski definition) is 3. The van der Waals surface area contributed by atoms with E-state index in [-0.39, 0.29) is 11.0 Å². The molecule has 7 nitrogen and oxygen atoms in total. The number of pyridine rings is 1. The van der Waals surface area contributed by atoms with Crippen molar-refractivity contribution in [3.05, 3.63) is 44.7 Å². The molecule has 1 aromatic heterocycles. The van der Waals surface area contributed by atoms with E-state index in [0.29, 0.717) is 25.9 Å². The summed E-state index contributed by atoms with van der Waals surface area (Å²) in [6, 6.07) is 1.30. The number of hydrogen-bond donors (Lipinski definition) is 2. The lowest BCUT2D eigenvalue weighted by Crippen LogP contribution is -2.29. The van der Waals surface area contributed by atoms with E-state index in [1.54, 1.807) is 0 Å². The van der Waals surface area contributed by atoms with Crippen LogP contribution in [-0.2, 0) is 0 Å². The first-order valence-electron chi connectivity index (χ1n) is 5.22. The highest BCUT2D eigenvalue weighted by Crippen LogP contribution is 1.91. The summed E-state index contributed by atoms with van der Waals surface area (Å²) in [5, 5.41) is 6.00. The number of rotatable bonds is 6. The molecule has 0 fully saturated rings. The summed E-state index contributed by atoms with van der Waals surface area (Å²) < 4.78 is 0. The Balaban J connectivity index is 2.33. The summed E-state index contributed by atoms with van der Waals surface area (Å²) in [5.41, 5.74) is 7.83. The summed E-state index contributed by atoms with van der Waals surface area (Å²) in [6.07, 6.45) is 4.25. The Morgan fingerprint density at radius 1 is 1.53 bits per heavy atom. The van der Waals surface area contributed by atoms with Gasteiger partial charge in [-0.15, -0.1) is 0 Å². The molecule has 0 aliphatic carbocycles. The van der Waals surface area contributed by atoms with Crippen molar-refractivity contribution >= 4 is 5.91 Å². The number of azide groups is 1. The Labute approximate surface area is 97.5 Å². The number of aromatic nitrogens is 1. The van der Waals surface area contributed by atoms with Crippen LogP contribution in [0.25, 0.3) is 10.4 Å². The third-order valence-corrected chi connectivity index (χ3v) is 2.10. The second-order valence-electron chi connectivity index (χ2n) is 3.34. The fourth-order valence-electron chi connectivity index (χ4n) is 1.24. The number of carbonyl (C=O) groups is 1. The van der Waals surface area contributed by atoms with Crippen molar-refractivity contribution in [3.63, 3.8) is 0 Å². The van der Waals surface area contributed by atoms with Gasteiger partial charge in [-0.2, -0.15) is 0 Å². The zero-order chi connectivity index (χ0) is 12.5. The fraction of sp³-hybridized carbons (Fsp3) is 0.400. The van der Waals surface area contributed by atoms with Gasteiger partial charge in [-0.3, -0.25) is 9.59 Å². The molecule has 0 aliphatic rings. The Bertz CT molecular complexity index is 476. The number of nitrogens with zero attached hydrogens (tertiary/aromatic N) is 3. The molecule has 0 spiro atoms. The van der Waals surface area contributed by atoms with E-state index < -0.39 is 5.91 Å². The van der Waals surface area contributed by atoms with Gasteiger partial charge >= 0.3 is 0 Å². The topological polar surface area (TPSA) is 111 Å². The minimum Gasteiger partial charge on any atom is -0.367 e. The van der Waals surface area contributed by atoms with Gasteiger partial charge in [0.25, 0.3) is 5.91 Å². The molecule has 0 saturated carbocycles. The van der Waals surface area contributed by atoms with Crippen molar-refractivity contribution in [2.24, 2.45) is 5.11 Å². The predicted molar refractivity (Wildman–Crippen MR) is 62.6 cm³/mol. The maximum absolute atomic E-state index is 11.5. The summed E-state index contributed by atoms with van der Waals surface area (Å²) >= 11 is 0. The number of unbranched alkanes of at least 4 members (excludes halogenated alkanes) is 1. The number of aromatic amines is 1. The average Bonchev–Trinajstić information content (AvgIpc) is 2.34. The monoisotopic (exact) mass is 235 g/mol. The van der Waals surface area contributed by atoms with Gasteiger partial charge in [0.15, 0.2) is 5.43 Å². The zero-order valence-electron chi connectivity index (χ0n) is 9.22. The van der Waals surface area contributed by atoms with Gasteiger partial charge in [0.2, 0.25) is 0 Å². The number of amides is 1. The molecular weight excluding hydrogens is 222 g/mol. The van der Waals surface area contributed by atoms with Gasteiger partial charge in [-0.25, -0.2) is 0 Å². The molecule has 0 aliphatic heterocycles. The minimum atomic E-state index is -0.393. The molecule has 2 N–H and O–H groups in total. The molecule has 1 aromatic rings. The lowest BCUT2D eigenvalue weighted by Gasteiger charge is -2.03. The van der Waals surface area contributed by atoms with Crippen LogP contribution in [0.4, 0.5) is 0 Å². The molecule has 0 unspecified atom stereocenters. The molecule has 0 aromatic carbocycles. The minimum absolute atomic E-state index is 0.0996. The molecule has 0 bridgehead atoms. The van der Waals surface area contributed by atoms with Crippen molar-refractivity contribution in [1.82, 2.24) is 10.3 Å². The molecule has 0 atom stereocenters. The third-order valence-electron chi connectivity index (χ3n) is 2.10. The van der Waals surface area contributed by atoms with Gasteiger partial charge < -0.3 is 10.3 Å². The molecule has 17 heavy (non-hydrogen) atoms. The zero-order valence-corrected chi connectivity index (χ0v) is 9.22. The maximum atomic E-state index is 11.5. The van der Waals surface area contributed by atoms with E-state index in [1.807, 2.05) is 0 Å². The summed E-state index contributed by atoms with van der Waals surface area (Å²) in [5.74, 6) is -0.393. The van der Waals surface area contributed by atoms with E-state index in [2.05, 4.69) is 20.3 Å². The molecular formula is C10H13N5O2. The van der Waals surface area contributed by atoms with E-state index in [1.165, 1.54) is 18.5 Å². The van der Waals surface area contributed by atoms with Crippen LogP contribution in [0.5, 0.6) is 0 Å². The van der Waals surface area contributed by atoms with Crippen LogP contribution in [-0.4, -0.2) is 24.0 Å². The number of nitrogens with one attached hydrogen (secondary N) is 2. The fourth-order valence-corrected chi connectivity index (χ4v) is 1.24. The van der Waals surface area contributed by atoms with Crippen LogP contribution in [0.3, 0.4) is 0 Å². The molecule has 7 heteroatoms. The standard InChI is InChI=1S/C10H13N5O2/c11-15-14-5-2-1-4-13-10(17)8-7-12-6-3-9(8)16/h3,6-7H,1-2,4-5H2,(H,12,16)(H,13,17). The van der Waals surface area contributed by atoms with Crippen LogP contribution in [0.15, 0.2) is 28.4 Å². The highest BCUT2D eigenvalue weighted by Gasteiger charge is 2.07. The van der Waals surface area contributed by atoms with Crippen molar-refractivity contribution in [3.8, 4) is 0 Å². The van der Waals surface area contributed by atoms with E-state index >= 15 is 0 Å². The smallest absolute Gasteiger partial charge is 0.256 e. The molecule has 0 saturated heterocycles. The van der Waals surface area contributed by atoms with Gasteiger partial charge in [0.1, 0.15) is 5.56 Å². The van der Waals surface area contributed by atoms with Crippen molar-refractivity contribution in [2.45, 2.75) is 12.8 Å². The molecule has 1 heterocycles. The second kappa shape index (κ2) is 7.08. The van der Waals surface area contributed by atoms with Gasteiger partial charge in [-0.05, 0) is 18.4 Å². The van der Waals surface area contributed by atoms with Gasteiger partial charge in [-0.1, -0.05) is 5.11 Å². The molecule has 1 rings (SSSR count). The van der Waals surface area contributed by atoms with Crippen LogP contribution in [0.2, 0.25) is 0 Å². The van der Waals surface area contributed by atoms with Crippen LogP contribution >= 0.6 is 0 Å². The maximum Gasteiger partial charge on any atom is 0.256 e. The Morgan fingerprint density at radius 3 is 3.06 bits per heavy atom. The highest BCUT2D eigenvalue weighted by atomic mass is 16.2. The first kappa shape index (κ1) is 12.8. The van der Waals surface area contributed by atoms with E-state index in [9.17, 15) is 9.59 Å². The van der Waals surface area contributed by atoms with Gasteiger partial charge in [0.05, 0.1) is 0 Å². The highest BCUT2D eigenvalue weighted by molar-refractivity contribution is 5.93. The molecule has 0 radical (unpaired) electrons. The van der Waals surface area contributed by atoms with Crippen LogP contribution < -0.4 is 10.7 Å². The summed E-state index contributed by atoms with van der Waals surface area (Å²) in [7, 11) is 0. The largest absolute Gasteiger partial charge is 0.367 e. The predicted octanol–water partition coefficient (Wildman–Crippen LogP) is 1.20. The SMILES string of the molecule is [N-]=[N+]=NCCCCNC(=O)c1c[nH]ccc1=O. The van der Waals surface area contributed by atoms with Crippen LogP contribution in [0.1, 0.15) is 23.2 Å². The van der Waals surface area contributed by atoms with Crippen molar-refractivity contribution in [2.75, 3.05) is 13.1 Å². The Kier molecular flexibility index (Phi) is 5.33. The lowest BCUT2D eigenvalue weighted by molar-refractivity contribution is 0.0951. The lowest BCUT2D eigenvalue weighted by atomic mass is 10.2. The molecule has 1 amide bonds.